The summed E-state index contributed by atoms with van der Waals surface area (Å²) in [7, 11) is 1.88. The number of fused-ring (bicyclic) bond motifs is 1. The molecular formula is C18H20N6O. The molecule has 0 aliphatic carbocycles. The van der Waals surface area contributed by atoms with Gasteiger partial charge in [-0.2, -0.15) is 5.10 Å². The van der Waals surface area contributed by atoms with Crippen LogP contribution < -0.4 is 10.6 Å². The highest BCUT2D eigenvalue weighted by Gasteiger charge is 2.21. The van der Waals surface area contributed by atoms with Crippen LogP contribution in [0.15, 0.2) is 36.8 Å². The largest absolute Gasteiger partial charge is 0.316 e. The standard InChI is InChI=1S/C18H20N6O/c1-24-11-14(10-21-24)15-5-4-12-9-20-17(7-16(12)22-15)23-18(25)13-3-2-6-19-8-13/h4-5,7,9-11,13,19H,2-3,6,8H2,1H3,(H,20,23,25)/t13-/m1/s1. The Morgan fingerprint density at radius 2 is 2.28 bits per heavy atom. The first-order chi connectivity index (χ1) is 12.2. The van der Waals surface area contributed by atoms with Gasteiger partial charge in [0, 0.05) is 43.0 Å². The number of hydrogen-bond acceptors (Lipinski definition) is 5. The Kier molecular flexibility index (Phi) is 4.15. The molecule has 25 heavy (non-hydrogen) atoms. The summed E-state index contributed by atoms with van der Waals surface area (Å²) >= 11 is 0. The van der Waals surface area contributed by atoms with Crippen LogP contribution >= 0.6 is 0 Å². The third kappa shape index (κ3) is 3.36. The number of pyridine rings is 2. The van der Waals surface area contributed by atoms with Crippen LogP contribution in [0, 0.1) is 5.92 Å². The molecule has 7 heteroatoms. The maximum absolute atomic E-state index is 12.4. The molecule has 3 aromatic rings. The molecule has 1 atom stereocenters. The molecule has 1 saturated heterocycles. The van der Waals surface area contributed by atoms with Crippen molar-refractivity contribution in [2.24, 2.45) is 13.0 Å². The van der Waals surface area contributed by atoms with Gasteiger partial charge in [-0.05, 0) is 31.5 Å². The number of nitrogens with zero attached hydrogens (tertiary/aromatic N) is 4. The number of amides is 1. The van der Waals surface area contributed by atoms with Crippen molar-refractivity contribution in [1.29, 1.82) is 0 Å². The molecule has 2 N–H and O–H groups in total. The molecule has 0 bridgehead atoms. The number of aryl methyl sites for hydroxylation is 1. The minimum atomic E-state index is 0.000864. The molecule has 1 amide bonds. The number of anilines is 1. The van der Waals surface area contributed by atoms with Gasteiger partial charge in [0.25, 0.3) is 0 Å². The van der Waals surface area contributed by atoms with Crippen molar-refractivity contribution < 1.29 is 4.79 Å². The molecule has 0 spiro atoms. The third-order valence-corrected chi connectivity index (χ3v) is 4.49. The van der Waals surface area contributed by atoms with Gasteiger partial charge in [0.15, 0.2) is 0 Å². The summed E-state index contributed by atoms with van der Waals surface area (Å²) in [6.07, 6.45) is 7.39. The smallest absolute Gasteiger partial charge is 0.229 e. The van der Waals surface area contributed by atoms with Crippen LogP contribution in [0.25, 0.3) is 22.2 Å². The van der Waals surface area contributed by atoms with Gasteiger partial charge in [-0.15, -0.1) is 0 Å². The van der Waals surface area contributed by atoms with Gasteiger partial charge >= 0.3 is 0 Å². The highest BCUT2D eigenvalue weighted by molar-refractivity contribution is 5.93. The summed E-state index contributed by atoms with van der Waals surface area (Å²) in [5.41, 5.74) is 2.61. The van der Waals surface area contributed by atoms with E-state index in [2.05, 4.69) is 25.7 Å². The molecule has 0 unspecified atom stereocenters. The minimum Gasteiger partial charge on any atom is -0.316 e. The summed E-state index contributed by atoms with van der Waals surface area (Å²) in [5, 5.41) is 11.3. The van der Waals surface area contributed by atoms with E-state index in [1.165, 1.54) is 0 Å². The quantitative estimate of drug-likeness (QED) is 0.764. The van der Waals surface area contributed by atoms with Gasteiger partial charge < -0.3 is 10.6 Å². The lowest BCUT2D eigenvalue weighted by atomic mass is 9.99. The molecule has 1 aliphatic heterocycles. The molecule has 4 heterocycles. The van der Waals surface area contributed by atoms with E-state index in [0.717, 1.165) is 48.1 Å². The number of carbonyl (C=O) groups is 1. The summed E-state index contributed by atoms with van der Waals surface area (Å²) in [6.45, 7) is 1.71. The average Bonchev–Trinajstić information content (AvgIpc) is 3.08. The monoisotopic (exact) mass is 336 g/mol. The van der Waals surface area contributed by atoms with E-state index in [4.69, 9.17) is 0 Å². The van der Waals surface area contributed by atoms with Crippen molar-refractivity contribution in [3.63, 3.8) is 0 Å². The van der Waals surface area contributed by atoms with Crippen LogP contribution in [0.1, 0.15) is 12.8 Å². The van der Waals surface area contributed by atoms with Crippen molar-refractivity contribution in [1.82, 2.24) is 25.1 Å². The summed E-state index contributed by atoms with van der Waals surface area (Å²) in [6, 6.07) is 5.75. The molecule has 1 fully saturated rings. The van der Waals surface area contributed by atoms with Crippen LogP contribution in [0.2, 0.25) is 0 Å². The molecule has 3 aromatic heterocycles. The first-order valence-electron chi connectivity index (χ1n) is 8.46. The summed E-state index contributed by atoms with van der Waals surface area (Å²) in [5.74, 6) is 0.558. The molecule has 4 rings (SSSR count). The van der Waals surface area contributed by atoms with E-state index in [-0.39, 0.29) is 11.8 Å². The van der Waals surface area contributed by atoms with Gasteiger partial charge in [-0.25, -0.2) is 9.97 Å². The van der Waals surface area contributed by atoms with E-state index in [1.54, 1.807) is 17.1 Å². The zero-order valence-electron chi connectivity index (χ0n) is 14.1. The molecule has 0 radical (unpaired) electrons. The molecule has 0 aromatic carbocycles. The molecule has 128 valence electrons. The average molecular weight is 336 g/mol. The second-order valence-corrected chi connectivity index (χ2v) is 6.39. The molecule has 7 nitrogen and oxygen atoms in total. The van der Waals surface area contributed by atoms with Crippen molar-refractivity contribution in [2.45, 2.75) is 12.8 Å². The summed E-state index contributed by atoms with van der Waals surface area (Å²) in [4.78, 5) is 21.4. The van der Waals surface area contributed by atoms with Crippen LogP contribution in [0.4, 0.5) is 5.82 Å². The Bertz CT molecular complexity index is 913. The highest BCUT2D eigenvalue weighted by Crippen LogP contribution is 2.22. The normalized spacial score (nSPS) is 17.6. The minimum absolute atomic E-state index is 0.000864. The fraction of sp³-hybridized carbons (Fsp3) is 0.333. The van der Waals surface area contributed by atoms with Crippen molar-refractivity contribution >= 4 is 22.6 Å². The van der Waals surface area contributed by atoms with Gasteiger partial charge in [0.2, 0.25) is 5.91 Å². The number of carbonyl (C=O) groups excluding carboxylic acids is 1. The fourth-order valence-corrected chi connectivity index (χ4v) is 3.10. The number of rotatable bonds is 3. The maximum Gasteiger partial charge on any atom is 0.229 e. The highest BCUT2D eigenvalue weighted by atomic mass is 16.2. The van der Waals surface area contributed by atoms with Crippen LogP contribution in [-0.4, -0.2) is 38.7 Å². The predicted molar refractivity (Wildman–Crippen MR) is 96.0 cm³/mol. The van der Waals surface area contributed by atoms with Crippen LogP contribution in [0.5, 0.6) is 0 Å². The third-order valence-electron chi connectivity index (χ3n) is 4.49. The molecule has 0 saturated carbocycles. The number of hydrogen-bond donors (Lipinski definition) is 2. The second-order valence-electron chi connectivity index (χ2n) is 6.39. The van der Waals surface area contributed by atoms with Gasteiger partial charge in [0.05, 0.1) is 23.3 Å². The number of piperidine rings is 1. The van der Waals surface area contributed by atoms with Crippen molar-refractivity contribution in [3.05, 3.63) is 36.8 Å². The Balaban J connectivity index is 1.59. The van der Waals surface area contributed by atoms with E-state index >= 15 is 0 Å². The van der Waals surface area contributed by atoms with E-state index in [0.29, 0.717) is 5.82 Å². The number of nitrogens with one attached hydrogen (secondary N) is 2. The first-order valence-corrected chi connectivity index (χ1v) is 8.46. The van der Waals surface area contributed by atoms with E-state index in [1.807, 2.05) is 31.4 Å². The Morgan fingerprint density at radius 1 is 1.36 bits per heavy atom. The lowest BCUT2D eigenvalue weighted by Crippen LogP contribution is -2.37. The van der Waals surface area contributed by atoms with Gasteiger partial charge in [-0.1, -0.05) is 0 Å². The van der Waals surface area contributed by atoms with E-state index in [9.17, 15) is 4.79 Å². The summed E-state index contributed by atoms with van der Waals surface area (Å²) < 4.78 is 1.75. The van der Waals surface area contributed by atoms with Crippen molar-refractivity contribution in [3.8, 4) is 11.3 Å². The van der Waals surface area contributed by atoms with Gasteiger partial charge in [-0.3, -0.25) is 9.48 Å². The first kappa shape index (κ1) is 15.7. The van der Waals surface area contributed by atoms with Crippen LogP contribution in [0.3, 0.4) is 0 Å². The zero-order chi connectivity index (χ0) is 17.2. The van der Waals surface area contributed by atoms with Crippen LogP contribution in [-0.2, 0) is 11.8 Å². The maximum atomic E-state index is 12.4. The Hall–Kier alpha value is -2.80. The predicted octanol–water partition coefficient (Wildman–Crippen LogP) is 1.97. The van der Waals surface area contributed by atoms with Gasteiger partial charge in [0.1, 0.15) is 5.82 Å². The Morgan fingerprint density at radius 3 is 3.04 bits per heavy atom. The SMILES string of the molecule is Cn1cc(-c2ccc3cnc(NC(=O)[C@@H]4CCCNC4)cc3n2)cn1. The van der Waals surface area contributed by atoms with Crippen molar-refractivity contribution in [2.75, 3.05) is 18.4 Å². The zero-order valence-corrected chi connectivity index (χ0v) is 14.1. The Labute approximate surface area is 145 Å². The van der Waals surface area contributed by atoms with E-state index < -0.39 is 0 Å². The fourth-order valence-electron chi connectivity index (χ4n) is 3.10. The second kappa shape index (κ2) is 6.60. The topological polar surface area (TPSA) is 84.7 Å². The molecule has 1 aliphatic rings. The lowest BCUT2D eigenvalue weighted by Gasteiger charge is -2.21. The molecular weight excluding hydrogens is 316 g/mol. The number of aromatic nitrogens is 4. The lowest BCUT2D eigenvalue weighted by molar-refractivity contribution is -0.120.